The molecular formula is C21H20ClNO5. The monoisotopic (exact) mass is 401 g/mol. The zero-order chi connectivity index (χ0) is 20.1. The SMILES string of the molecule is CCc1ccc(NC(=O)[C@H](C)OC(=O)/C=C/c2cc(Cl)c3c(c2)OCO3)cc1. The van der Waals surface area contributed by atoms with E-state index in [2.05, 4.69) is 12.2 Å². The summed E-state index contributed by atoms with van der Waals surface area (Å²) in [6, 6.07) is 10.9. The molecule has 1 N–H and O–H groups in total. The maximum Gasteiger partial charge on any atom is 0.331 e. The molecule has 1 aliphatic heterocycles. The number of amides is 1. The minimum absolute atomic E-state index is 0.109. The van der Waals surface area contributed by atoms with Gasteiger partial charge in [-0.25, -0.2) is 4.79 Å². The second kappa shape index (κ2) is 8.80. The quantitative estimate of drug-likeness (QED) is 0.579. The predicted octanol–water partition coefficient (Wildman–Crippen LogP) is 4.21. The van der Waals surface area contributed by atoms with Crippen molar-refractivity contribution in [1.82, 2.24) is 0 Å². The fraction of sp³-hybridized carbons (Fsp3) is 0.238. The van der Waals surface area contributed by atoms with E-state index in [4.69, 9.17) is 25.8 Å². The highest BCUT2D eigenvalue weighted by Crippen LogP contribution is 2.40. The second-order valence-corrected chi connectivity index (χ2v) is 6.60. The Labute approximate surface area is 168 Å². The fourth-order valence-corrected chi connectivity index (χ4v) is 2.86. The average Bonchev–Trinajstić information content (AvgIpc) is 3.16. The molecule has 28 heavy (non-hydrogen) atoms. The number of hydrogen-bond acceptors (Lipinski definition) is 5. The molecule has 1 atom stereocenters. The number of hydrogen-bond donors (Lipinski definition) is 1. The molecular weight excluding hydrogens is 382 g/mol. The smallest absolute Gasteiger partial charge is 0.331 e. The lowest BCUT2D eigenvalue weighted by atomic mass is 10.1. The van der Waals surface area contributed by atoms with Gasteiger partial charge in [0.15, 0.2) is 17.6 Å². The maximum atomic E-state index is 12.2. The lowest BCUT2D eigenvalue weighted by Gasteiger charge is -2.12. The Bertz CT molecular complexity index is 908. The summed E-state index contributed by atoms with van der Waals surface area (Å²) in [5.74, 6) is -0.0455. The van der Waals surface area contributed by atoms with Crippen LogP contribution in [0.3, 0.4) is 0 Å². The molecule has 1 amide bonds. The van der Waals surface area contributed by atoms with Gasteiger partial charge in [0.1, 0.15) is 0 Å². The predicted molar refractivity (Wildman–Crippen MR) is 107 cm³/mol. The highest BCUT2D eigenvalue weighted by Gasteiger charge is 2.19. The van der Waals surface area contributed by atoms with Gasteiger partial charge in [0, 0.05) is 11.8 Å². The first-order chi connectivity index (χ1) is 13.5. The minimum Gasteiger partial charge on any atom is -0.454 e. The van der Waals surface area contributed by atoms with Crippen molar-refractivity contribution in [2.45, 2.75) is 26.4 Å². The number of esters is 1. The normalized spacial score (nSPS) is 13.4. The molecule has 0 aliphatic carbocycles. The summed E-state index contributed by atoms with van der Waals surface area (Å²) in [4.78, 5) is 24.2. The molecule has 0 unspecified atom stereocenters. The standard InChI is InChI=1S/C21H20ClNO5/c1-3-14-4-7-16(8-5-14)23-21(25)13(2)28-19(24)9-6-15-10-17(22)20-18(11-15)26-12-27-20/h4-11,13H,3,12H2,1-2H3,(H,23,25)/b9-6+/t13-/m0/s1. The molecule has 0 saturated carbocycles. The van der Waals surface area contributed by atoms with Gasteiger partial charge in [0.25, 0.3) is 5.91 Å². The highest BCUT2D eigenvalue weighted by atomic mass is 35.5. The van der Waals surface area contributed by atoms with Crippen molar-refractivity contribution in [3.05, 3.63) is 58.6 Å². The van der Waals surface area contributed by atoms with Crippen LogP contribution >= 0.6 is 11.6 Å². The molecule has 1 aliphatic rings. The van der Waals surface area contributed by atoms with Crippen molar-refractivity contribution in [1.29, 1.82) is 0 Å². The molecule has 3 rings (SSSR count). The first-order valence-electron chi connectivity index (χ1n) is 8.84. The Morgan fingerprint density at radius 1 is 1.25 bits per heavy atom. The molecule has 0 aromatic heterocycles. The van der Waals surface area contributed by atoms with Gasteiger partial charge in [-0.1, -0.05) is 30.7 Å². The van der Waals surface area contributed by atoms with Gasteiger partial charge < -0.3 is 19.5 Å². The van der Waals surface area contributed by atoms with E-state index in [1.165, 1.54) is 24.6 Å². The summed E-state index contributed by atoms with van der Waals surface area (Å²) in [5, 5.41) is 3.11. The number of rotatable bonds is 6. The van der Waals surface area contributed by atoms with Gasteiger partial charge in [-0.15, -0.1) is 0 Å². The third kappa shape index (κ3) is 4.84. The number of aryl methyl sites for hydroxylation is 1. The van der Waals surface area contributed by atoms with Crippen LogP contribution in [0.25, 0.3) is 6.08 Å². The van der Waals surface area contributed by atoms with Crippen molar-refractivity contribution in [2.24, 2.45) is 0 Å². The van der Waals surface area contributed by atoms with E-state index in [0.29, 0.717) is 27.8 Å². The second-order valence-electron chi connectivity index (χ2n) is 6.19. The minimum atomic E-state index is -0.941. The number of carbonyl (C=O) groups excluding carboxylic acids is 2. The number of benzene rings is 2. The van der Waals surface area contributed by atoms with Crippen LogP contribution in [-0.2, 0) is 20.7 Å². The van der Waals surface area contributed by atoms with Crippen LogP contribution in [0, 0.1) is 0 Å². The molecule has 2 aromatic rings. The van der Waals surface area contributed by atoms with E-state index < -0.39 is 18.0 Å². The molecule has 7 heteroatoms. The molecule has 0 fully saturated rings. The summed E-state index contributed by atoms with van der Waals surface area (Å²) in [6.07, 6.45) is 2.74. The van der Waals surface area contributed by atoms with Crippen LogP contribution in [0.15, 0.2) is 42.5 Å². The zero-order valence-electron chi connectivity index (χ0n) is 15.5. The molecule has 0 spiro atoms. The van der Waals surface area contributed by atoms with Gasteiger partial charge in [0.05, 0.1) is 5.02 Å². The van der Waals surface area contributed by atoms with Crippen LogP contribution in [0.2, 0.25) is 5.02 Å². The Morgan fingerprint density at radius 3 is 2.71 bits per heavy atom. The maximum absolute atomic E-state index is 12.2. The number of fused-ring (bicyclic) bond motifs is 1. The van der Waals surface area contributed by atoms with Crippen LogP contribution in [0.1, 0.15) is 25.0 Å². The van der Waals surface area contributed by atoms with Gasteiger partial charge >= 0.3 is 5.97 Å². The number of ether oxygens (including phenoxy) is 3. The molecule has 2 aromatic carbocycles. The van der Waals surface area contributed by atoms with E-state index in [1.54, 1.807) is 12.1 Å². The summed E-state index contributed by atoms with van der Waals surface area (Å²) < 4.78 is 15.7. The number of carbonyl (C=O) groups is 2. The third-order valence-corrected chi connectivity index (χ3v) is 4.43. The van der Waals surface area contributed by atoms with Crippen molar-refractivity contribution < 1.29 is 23.8 Å². The van der Waals surface area contributed by atoms with Crippen molar-refractivity contribution in [2.75, 3.05) is 12.1 Å². The first-order valence-corrected chi connectivity index (χ1v) is 9.21. The van der Waals surface area contributed by atoms with Crippen LogP contribution in [0.4, 0.5) is 5.69 Å². The van der Waals surface area contributed by atoms with Crippen LogP contribution < -0.4 is 14.8 Å². The van der Waals surface area contributed by atoms with E-state index in [9.17, 15) is 9.59 Å². The largest absolute Gasteiger partial charge is 0.454 e. The topological polar surface area (TPSA) is 73.9 Å². The van der Waals surface area contributed by atoms with Crippen molar-refractivity contribution >= 4 is 35.2 Å². The fourth-order valence-electron chi connectivity index (χ4n) is 2.58. The summed E-state index contributed by atoms with van der Waals surface area (Å²) in [5.41, 5.74) is 2.47. The Hall–Kier alpha value is -2.99. The number of nitrogens with one attached hydrogen (secondary N) is 1. The van der Waals surface area contributed by atoms with E-state index >= 15 is 0 Å². The van der Waals surface area contributed by atoms with E-state index in [-0.39, 0.29) is 6.79 Å². The Morgan fingerprint density at radius 2 is 2.00 bits per heavy atom. The lowest BCUT2D eigenvalue weighted by molar-refractivity contribution is -0.148. The molecule has 0 radical (unpaired) electrons. The molecule has 1 heterocycles. The first kappa shape index (κ1) is 19.8. The Balaban J connectivity index is 1.55. The van der Waals surface area contributed by atoms with Crippen LogP contribution in [0.5, 0.6) is 11.5 Å². The van der Waals surface area contributed by atoms with E-state index in [0.717, 1.165) is 6.42 Å². The number of halogens is 1. The number of anilines is 1. The molecule has 6 nitrogen and oxygen atoms in total. The van der Waals surface area contributed by atoms with Crippen molar-refractivity contribution in [3.8, 4) is 11.5 Å². The van der Waals surface area contributed by atoms with Gasteiger partial charge in [0.2, 0.25) is 6.79 Å². The third-order valence-electron chi connectivity index (χ3n) is 4.15. The van der Waals surface area contributed by atoms with Gasteiger partial charge in [-0.05, 0) is 54.8 Å². The summed E-state index contributed by atoms with van der Waals surface area (Å²) in [7, 11) is 0. The van der Waals surface area contributed by atoms with Gasteiger partial charge in [-0.3, -0.25) is 4.79 Å². The summed E-state index contributed by atoms with van der Waals surface area (Å²) in [6.45, 7) is 3.68. The van der Waals surface area contributed by atoms with Gasteiger partial charge in [-0.2, -0.15) is 0 Å². The van der Waals surface area contributed by atoms with E-state index in [1.807, 2.05) is 24.3 Å². The average molecular weight is 402 g/mol. The lowest BCUT2D eigenvalue weighted by Crippen LogP contribution is -2.29. The molecule has 0 saturated heterocycles. The van der Waals surface area contributed by atoms with Crippen molar-refractivity contribution in [3.63, 3.8) is 0 Å². The molecule has 0 bridgehead atoms. The summed E-state index contributed by atoms with van der Waals surface area (Å²) >= 11 is 6.10. The zero-order valence-corrected chi connectivity index (χ0v) is 16.3. The van der Waals surface area contributed by atoms with Crippen LogP contribution in [-0.4, -0.2) is 24.8 Å². The Kier molecular flexibility index (Phi) is 6.21. The highest BCUT2D eigenvalue weighted by molar-refractivity contribution is 6.32. The molecule has 146 valence electrons.